The minimum atomic E-state index is -0.474. The van der Waals surface area contributed by atoms with E-state index in [-0.39, 0.29) is 12.0 Å². The van der Waals surface area contributed by atoms with Crippen LogP contribution in [-0.4, -0.2) is 53.6 Å². The Kier molecular flexibility index (Phi) is 3.62. The van der Waals surface area contributed by atoms with Gasteiger partial charge in [0, 0.05) is 38.0 Å². The lowest BCUT2D eigenvalue weighted by Crippen LogP contribution is -2.38. The molecular formula is C16H22N2O4. The summed E-state index contributed by atoms with van der Waals surface area (Å²) in [6.07, 6.45) is 2.73. The predicted molar refractivity (Wildman–Crippen MR) is 79.4 cm³/mol. The molecule has 2 saturated heterocycles. The van der Waals surface area contributed by atoms with Gasteiger partial charge in [0.25, 0.3) is 5.91 Å². The number of furan rings is 1. The first-order valence-electron chi connectivity index (χ1n) is 7.63. The number of nitrogens with zero attached hydrogens (tertiary/aromatic N) is 2. The highest BCUT2D eigenvalue weighted by Crippen LogP contribution is 2.32. The lowest BCUT2D eigenvalue weighted by molar-refractivity contribution is 0.0275. The van der Waals surface area contributed by atoms with Gasteiger partial charge in [0.15, 0.2) is 0 Å². The first-order chi connectivity index (χ1) is 10.3. The Bertz CT molecular complexity index is 547. The van der Waals surface area contributed by atoms with Gasteiger partial charge in [-0.2, -0.15) is 0 Å². The number of ether oxygens (including phenoxy) is 1. The van der Waals surface area contributed by atoms with Crippen LogP contribution in [0.4, 0.5) is 4.79 Å². The number of likely N-dealkylation sites (tertiary alicyclic amines) is 2. The molecule has 0 N–H and O–H groups in total. The Morgan fingerprint density at radius 2 is 1.73 bits per heavy atom. The van der Waals surface area contributed by atoms with Gasteiger partial charge < -0.3 is 19.0 Å². The summed E-state index contributed by atoms with van der Waals surface area (Å²) in [6, 6.07) is 1.68. The summed E-state index contributed by atoms with van der Waals surface area (Å²) < 4.78 is 10.4. The summed E-state index contributed by atoms with van der Waals surface area (Å²) >= 11 is 0. The van der Waals surface area contributed by atoms with E-state index in [0.29, 0.717) is 43.6 Å². The van der Waals surface area contributed by atoms with Gasteiger partial charge in [-0.3, -0.25) is 4.79 Å². The second-order valence-electron chi connectivity index (χ2n) is 7.13. The van der Waals surface area contributed by atoms with E-state index in [1.54, 1.807) is 11.0 Å². The van der Waals surface area contributed by atoms with Gasteiger partial charge in [-0.1, -0.05) is 0 Å². The molecule has 2 aliphatic heterocycles. The Morgan fingerprint density at radius 3 is 2.23 bits per heavy atom. The van der Waals surface area contributed by atoms with Crippen molar-refractivity contribution in [2.75, 3.05) is 26.2 Å². The molecule has 0 aromatic carbocycles. The molecule has 3 heterocycles. The van der Waals surface area contributed by atoms with Crippen molar-refractivity contribution in [3.05, 3.63) is 24.2 Å². The van der Waals surface area contributed by atoms with Crippen LogP contribution in [-0.2, 0) is 4.74 Å². The number of carbonyl (C=O) groups is 2. The zero-order valence-electron chi connectivity index (χ0n) is 13.2. The van der Waals surface area contributed by atoms with Crippen LogP contribution in [0.2, 0.25) is 0 Å². The van der Waals surface area contributed by atoms with Crippen molar-refractivity contribution < 1.29 is 18.7 Å². The molecule has 2 atom stereocenters. The Labute approximate surface area is 130 Å². The normalized spacial score (nSPS) is 24.5. The van der Waals surface area contributed by atoms with Crippen molar-refractivity contribution in [3.8, 4) is 0 Å². The quantitative estimate of drug-likeness (QED) is 0.798. The highest BCUT2D eigenvalue weighted by Gasteiger charge is 2.44. The van der Waals surface area contributed by atoms with Crippen molar-refractivity contribution in [1.29, 1.82) is 0 Å². The van der Waals surface area contributed by atoms with Crippen molar-refractivity contribution >= 4 is 12.0 Å². The van der Waals surface area contributed by atoms with Gasteiger partial charge in [-0.25, -0.2) is 4.79 Å². The van der Waals surface area contributed by atoms with Crippen molar-refractivity contribution in [1.82, 2.24) is 9.80 Å². The third-order valence-electron chi connectivity index (χ3n) is 4.19. The fourth-order valence-electron chi connectivity index (χ4n) is 3.20. The number of hydrogen-bond donors (Lipinski definition) is 0. The van der Waals surface area contributed by atoms with Crippen LogP contribution in [0.5, 0.6) is 0 Å². The largest absolute Gasteiger partial charge is 0.472 e. The average Bonchev–Trinajstić information content (AvgIpc) is 3.11. The SMILES string of the molecule is CC(C)(C)OC(=O)N1CC2CN(C(=O)c3ccoc3)CC2C1. The average molecular weight is 306 g/mol. The summed E-state index contributed by atoms with van der Waals surface area (Å²) in [5.41, 5.74) is 0.113. The minimum Gasteiger partial charge on any atom is -0.472 e. The zero-order chi connectivity index (χ0) is 15.9. The third kappa shape index (κ3) is 2.96. The lowest BCUT2D eigenvalue weighted by Gasteiger charge is -2.26. The van der Waals surface area contributed by atoms with Crippen molar-refractivity contribution in [3.63, 3.8) is 0 Å². The molecule has 120 valence electrons. The van der Waals surface area contributed by atoms with Gasteiger partial charge in [-0.15, -0.1) is 0 Å². The first-order valence-corrected chi connectivity index (χ1v) is 7.63. The second kappa shape index (κ2) is 5.34. The number of rotatable bonds is 1. The molecule has 0 aliphatic carbocycles. The molecule has 0 spiro atoms. The molecule has 2 amide bonds. The Morgan fingerprint density at radius 1 is 1.14 bits per heavy atom. The minimum absolute atomic E-state index is 0.00645. The van der Waals surface area contributed by atoms with Crippen molar-refractivity contribution in [2.24, 2.45) is 11.8 Å². The third-order valence-corrected chi connectivity index (χ3v) is 4.19. The molecule has 0 bridgehead atoms. The summed E-state index contributed by atoms with van der Waals surface area (Å²) in [7, 11) is 0. The highest BCUT2D eigenvalue weighted by atomic mass is 16.6. The van der Waals surface area contributed by atoms with E-state index < -0.39 is 5.60 Å². The first kappa shape index (κ1) is 14.9. The van der Waals surface area contributed by atoms with Gasteiger partial charge in [0.1, 0.15) is 11.9 Å². The molecule has 0 saturated carbocycles. The molecule has 2 aliphatic rings. The van der Waals surface area contributed by atoms with Crippen LogP contribution in [0.25, 0.3) is 0 Å². The summed E-state index contributed by atoms with van der Waals surface area (Å²) in [5, 5.41) is 0. The molecule has 3 rings (SSSR count). The maximum absolute atomic E-state index is 12.3. The Balaban J connectivity index is 1.56. The summed E-state index contributed by atoms with van der Waals surface area (Å²) in [6.45, 7) is 8.30. The van der Waals surface area contributed by atoms with Crippen LogP contribution >= 0.6 is 0 Å². The molecule has 1 aromatic rings. The summed E-state index contributed by atoms with van der Waals surface area (Å²) in [5.74, 6) is 0.679. The monoisotopic (exact) mass is 306 g/mol. The number of amides is 2. The van der Waals surface area contributed by atoms with Crippen LogP contribution in [0.1, 0.15) is 31.1 Å². The van der Waals surface area contributed by atoms with Crippen LogP contribution in [0.15, 0.2) is 23.0 Å². The Hall–Kier alpha value is -1.98. The van der Waals surface area contributed by atoms with Crippen LogP contribution in [0, 0.1) is 11.8 Å². The molecule has 6 heteroatoms. The zero-order valence-corrected chi connectivity index (χ0v) is 13.2. The van der Waals surface area contributed by atoms with E-state index in [9.17, 15) is 9.59 Å². The standard InChI is InChI=1S/C16H22N2O4/c1-16(2,3)22-15(20)18-8-12-6-17(7-13(12)9-18)14(19)11-4-5-21-10-11/h4-5,10,12-13H,6-9H2,1-3H3. The maximum atomic E-state index is 12.3. The number of hydrogen-bond acceptors (Lipinski definition) is 4. The highest BCUT2D eigenvalue weighted by molar-refractivity contribution is 5.94. The smallest absolute Gasteiger partial charge is 0.410 e. The van der Waals surface area contributed by atoms with Crippen LogP contribution < -0.4 is 0 Å². The molecule has 1 aromatic heterocycles. The van der Waals surface area contributed by atoms with E-state index in [4.69, 9.17) is 9.15 Å². The molecule has 22 heavy (non-hydrogen) atoms. The number of carbonyl (C=O) groups excluding carboxylic acids is 2. The molecule has 2 unspecified atom stereocenters. The van der Waals surface area contributed by atoms with E-state index in [2.05, 4.69) is 0 Å². The van der Waals surface area contributed by atoms with E-state index >= 15 is 0 Å². The van der Waals surface area contributed by atoms with Gasteiger partial charge in [-0.05, 0) is 26.8 Å². The molecule has 6 nitrogen and oxygen atoms in total. The van der Waals surface area contributed by atoms with E-state index in [1.165, 1.54) is 12.5 Å². The molecular weight excluding hydrogens is 284 g/mol. The van der Waals surface area contributed by atoms with Gasteiger partial charge in [0.2, 0.25) is 0 Å². The fraction of sp³-hybridized carbons (Fsp3) is 0.625. The maximum Gasteiger partial charge on any atom is 0.410 e. The van der Waals surface area contributed by atoms with Gasteiger partial charge >= 0.3 is 6.09 Å². The van der Waals surface area contributed by atoms with Crippen molar-refractivity contribution in [2.45, 2.75) is 26.4 Å². The number of fused-ring (bicyclic) bond motifs is 1. The molecule has 0 radical (unpaired) electrons. The second-order valence-corrected chi connectivity index (χ2v) is 7.13. The van der Waals surface area contributed by atoms with Crippen LogP contribution in [0.3, 0.4) is 0 Å². The fourth-order valence-corrected chi connectivity index (χ4v) is 3.20. The van der Waals surface area contributed by atoms with E-state index in [0.717, 1.165) is 0 Å². The van der Waals surface area contributed by atoms with E-state index in [1.807, 2.05) is 25.7 Å². The predicted octanol–water partition coefficient (Wildman–Crippen LogP) is 2.22. The lowest BCUT2D eigenvalue weighted by atomic mass is 10.0. The topological polar surface area (TPSA) is 63.0 Å². The summed E-state index contributed by atoms with van der Waals surface area (Å²) in [4.78, 5) is 28.0. The molecule has 2 fully saturated rings. The van der Waals surface area contributed by atoms with Gasteiger partial charge in [0.05, 0.1) is 11.8 Å².